The number of hydrogen-bond donors (Lipinski definition) is 0. The van der Waals surface area contributed by atoms with Gasteiger partial charge in [0.05, 0.1) is 5.22 Å². The molecule has 0 amide bonds. The average molecular weight is 270 g/mol. The van der Waals surface area contributed by atoms with E-state index in [0.29, 0.717) is 0 Å². The van der Waals surface area contributed by atoms with Crippen molar-refractivity contribution >= 4 is 23.5 Å². The molecule has 0 atom stereocenters. The largest absolute Gasteiger partial charge is 0.243 e. The van der Waals surface area contributed by atoms with E-state index in [9.17, 15) is 9.59 Å². The maximum absolute atomic E-state index is 10.2. The van der Waals surface area contributed by atoms with E-state index in [4.69, 9.17) is 11.6 Å². The van der Waals surface area contributed by atoms with Gasteiger partial charge in [0.2, 0.25) is 0 Å². The van der Waals surface area contributed by atoms with Crippen LogP contribution < -0.4 is 10.4 Å². The van der Waals surface area contributed by atoms with Crippen LogP contribution in [0.15, 0.2) is 12.3 Å². The second-order valence-electron chi connectivity index (χ2n) is 1.73. The van der Waals surface area contributed by atoms with Gasteiger partial charge in [0.25, 0.3) is 0 Å². The number of rotatable bonds is 0. The Labute approximate surface area is 85.5 Å². The fourth-order valence-corrected chi connectivity index (χ4v) is 0.815. The van der Waals surface area contributed by atoms with Crippen molar-refractivity contribution in [2.24, 2.45) is 0 Å². The van der Waals surface area contributed by atoms with Crippen LogP contribution in [0.4, 0.5) is 0 Å². The number of aromatic nitrogens is 1. The maximum atomic E-state index is 10.2. The minimum Gasteiger partial charge on any atom is -0.243 e. The normalized spacial score (nSPS) is 7.75. The van der Waals surface area contributed by atoms with Crippen LogP contribution in [0.3, 0.4) is 0 Å². The van der Waals surface area contributed by atoms with E-state index in [1.165, 1.54) is 18.2 Å². The summed E-state index contributed by atoms with van der Waals surface area (Å²) in [5.41, 5.74) is 0. The molecule has 0 aliphatic rings. The summed E-state index contributed by atoms with van der Waals surface area (Å²) in [5.74, 6) is 3.06. The van der Waals surface area contributed by atoms with Crippen molar-refractivity contribution < 1.29 is 29.1 Å². The third kappa shape index (κ3) is 2.10. The quantitative estimate of drug-likeness (QED) is 0.437. The van der Waals surface area contributed by atoms with Crippen molar-refractivity contribution in [3.05, 3.63) is 27.9 Å². The Hall–Kier alpha value is -0.777. The van der Waals surface area contributed by atoms with E-state index in [1.54, 1.807) is 5.94 Å². The molecule has 0 saturated carbocycles. The van der Waals surface area contributed by atoms with Crippen molar-refractivity contribution in [1.82, 2.24) is 4.98 Å². The summed E-state index contributed by atoms with van der Waals surface area (Å²) in [6, 6.07) is 1.35. The predicted molar refractivity (Wildman–Crippen MR) is 38.1 cm³/mol. The molecule has 1 aromatic rings. The minimum absolute atomic E-state index is 0. The molecule has 1 aromatic heterocycles. The van der Waals surface area contributed by atoms with Crippen LogP contribution >= 0.6 is 11.6 Å². The molecule has 5 heteroatoms. The maximum Gasteiger partial charge on any atom is 0.148 e. The van der Waals surface area contributed by atoms with Crippen LogP contribution in [0.2, 0.25) is 5.15 Å². The van der Waals surface area contributed by atoms with Crippen LogP contribution in [-0.2, 0) is 29.1 Å². The van der Waals surface area contributed by atoms with Gasteiger partial charge in [-0.2, -0.15) is 0 Å². The monoisotopic (exact) mass is 270 g/mol. The van der Waals surface area contributed by atoms with Gasteiger partial charge in [-0.15, -0.1) is 0 Å². The summed E-state index contributed by atoms with van der Waals surface area (Å²) in [5, 5.41) is 0.0185. The molecular formula is C7H2ClNO2Rh. The zero-order valence-electron chi connectivity index (χ0n) is 5.63. The Bertz CT molecular complexity index is 435. The second-order valence-corrected chi connectivity index (χ2v) is 2.09. The zero-order chi connectivity index (χ0) is 8.27. The number of nitrogens with zero attached hydrogens (tertiary/aromatic N) is 1. The number of pyridine rings is 1. The van der Waals surface area contributed by atoms with Crippen molar-refractivity contribution in [3.8, 4) is 0 Å². The van der Waals surface area contributed by atoms with Crippen molar-refractivity contribution in [3.63, 3.8) is 0 Å². The van der Waals surface area contributed by atoms with Gasteiger partial charge in [0.15, 0.2) is 0 Å². The van der Waals surface area contributed by atoms with Crippen molar-refractivity contribution in [1.29, 1.82) is 0 Å². The SMILES string of the molecule is O=C=c1ccnc(Cl)c1=C=O.[Rh]. The third-order valence-corrected chi connectivity index (χ3v) is 1.40. The van der Waals surface area contributed by atoms with Gasteiger partial charge in [0, 0.05) is 25.7 Å². The fraction of sp³-hybridized carbons (Fsp3) is 0. The summed E-state index contributed by atoms with van der Waals surface area (Å²) in [4.78, 5) is 23.9. The van der Waals surface area contributed by atoms with Gasteiger partial charge in [-0.25, -0.2) is 14.6 Å². The topological polar surface area (TPSA) is 47.0 Å². The molecule has 0 N–H and O–H groups in total. The van der Waals surface area contributed by atoms with Gasteiger partial charge in [-0.05, 0) is 6.07 Å². The molecule has 1 heterocycles. The molecule has 1 radical (unpaired) electrons. The van der Waals surface area contributed by atoms with Crippen LogP contribution in [-0.4, -0.2) is 16.9 Å². The Balaban J connectivity index is 0.00000121. The predicted octanol–water partition coefficient (Wildman–Crippen LogP) is -1.26. The molecule has 0 aliphatic carbocycles. The first kappa shape index (κ1) is 11.2. The van der Waals surface area contributed by atoms with Crippen molar-refractivity contribution in [2.45, 2.75) is 0 Å². The van der Waals surface area contributed by atoms with Gasteiger partial charge in [-0.3, -0.25) is 0 Å². The third-order valence-electron chi connectivity index (χ3n) is 1.12. The summed E-state index contributed by atoms with van der Waals surface area (Å²) >= 11 is 5.46. The van der Waals surface area contributed by atoms with Crippen LogP contribution in [0.25, 0.3) is 0 Å². The molecule has 0 aromatic carbocycles. The number of halogens is 1. The molecule has 63 valence electrons. The summed E-state index contributed by atoms with van der Waals surface area (Å²) in [6.07, 6.45) is 1.32. The zero-order valence-corrected chi connectivity index (χ0v) is 8.02. The molecule has 0 bridgehead atoms. The van der Waals surface area contributed by atoms with Gasteiger partial charge in [-0.1, -0.05) is 11.6 Å². The van der Waals surface area contributed by atoms with Crippen LogP contribution in [0.1, 0.15) is 0 Å². The standard InChI is InChI=1S/C7H2ClNO2.Rh/c8-7-6(4-11)5(3-10)1-2-9-7;/h1-2H;. The van der Waals surface area contributed by atoms with E-state index in [2.05, 4.69) is 4.98 Å². The van der Waals surface area contributed by atoms with E-state index < -0.39 is 0 Å². The Kier molecular flexibility index (Phi) is 4.65. The molecule has 0 unspecified atom stereocenters. The average Bonchev–Trinajstić information content (AvgIpc) is 2.04. The Morgan fingerprint density at radius 1 is 1.33 bits per heavy atom. The molecule has 0 fully saturated rings. The van der Waals surface area contributed by atoms with E-state index in [1.807, 2.05) is 0 Å². The first-order valence-corrected chi connectivity index (χ1v) is 3.08. The fourth-order valence-electron chi connectivity index (χ4n) is 0.618. The van der Waals surface area contributed by atoms with E-state index in [-0.39, 0.29) is 35.1 Å². The molecule has 3 nitrogen and oxygen atoms in total. The van der Waals surface area contributed by atoms with Crippen molar-refractivity contribution in [2.75, 3.05) is 0 Å². The Morgan fingerprint density at radius 3 is 2.42 bits per heavy atom. The number of carbonyl (C=O) groups excluding carboxylic acids is 2. The van der Waals surface area contributed by atoms with Crippen LogP contribution in [0, 0.1) is 0 Å². The molecule has 0 saturated heterocycles. The number of hydrogen-bond acceptors (Lipinski definition) is 3. The van der Waals surface area contributed by atoms with Gasteiger partial charge >= 0.3 is 0 Å². The van der Waals surface area contributed by atoms with Gasteiger partial charge < -0.3 is 0 Å². The molecule has 1 rings (SSSR count). The molecule has 0 spiro atoms. The van der Waals surface area contributed by atoms with E-state index in [0.717, 1.165) is 0 Å². The van der Waals surface area contributed by atoms with Gasteiger partial charge in [0.1, 0.15) is 22.3 Å². The summed E-state index contributed by atoms with van der Waals surface area (Å²) in [7, 11) is 0. The van der Waals surface area contributed by atoms with E-state index >= 15 is 0 Å². The smallest absolute Gasteiger partial charge is 0.148 e. The molecule has 0 aliphatic heterocycles. The first-order valence-electron chi connectivity index (χ1n) is 2.70. The first-order chi connectivity index (χ1) is 5.29. The Morgan fingerprint density at radius 2 is 2.00 bits per heavy atom. The minimum atomic E-state index is -0.0378. The summed E-state index contributed by atoms with van der Waals surface area (Å²) in [6.45, 7) is 0. The van der Waals surface area contributed by atoms with Crippen LogP contribution in [0.5, 0.6) is 0 Å². The second kappa shape index (κ2) is 4.97. The molecular weight excluding hydrogens is 268 g/mol. The molecule has 12 heavy (non-hydrogen) atoms. The summed E-state index contributed by atoms with van der Waals surface area (Å²) < 4.78 is 0.